The van der Waals surface area contributed by atoms with E-state index in [1.807, 2.05) is 0 Å². The van der Waals surface area contributed by atoms with Crippen molar-refractivity contribution in [3.63, 3.8) is 0 Å². The Hall–Kier alpha value is -0.689. The number of nitrogens with zero attached hydrogens (tertiary/aromatic N) is 2. The van der Waals surface area contributed by atoms with Crippen LogP contribution in [-0.4, -0.2) is 70.9 Å². The maximum absolute atomic E-state index is 8.89. The maximum atomic E-state index is 8.89. The molecule has 0 bridgehead atoms. The minimum atomic E-state index is -2.27. The molecular weight excluding hydrogens is 317 g/mol. The van der Waals surface area contributed by atoms with E-state index in [0.717, 1.165) is 0 Å². The Morgan fingerprint density at radius 1 is 0.846 bits per heavy atom. The minimum absolute atomic E-state index is 0. The molecule has 68 valence electrons. The van der Waals surface area contributed by atoms with Crippen LogP contribution >= 0.6 is 0 Å². The molecular formula is C2BaN2O8. The van der Waals surface area contributed by atoms with Crippen LogP contribution in [0.3, 0.4) is 0 Å². The molecule has 0 aromatic heterocycles. The van der Waals surface area contributed by atoms with Gasteiger partial charge in [-0.2, -0.15) is 0 Å². The summed E-state index contributed by atoms with van der Waals surface area (Å²) < 4.78 is 0. The second-order valence-electron chi connectivity index (χ2n) is 1.05. The summed E-state index contributed by atoms with van der Waals surface area (Å²) in [4.78, 5) is 32.4. The predicted molar refractivity (Wildman–Crippen MR) is 30.5 cm³/mol. The maximum Gasteiger partial charge on any atom is 2.00 e. The number of nitro groups is 2. The number of carbonyl (C=O) groups excluding carboxylic acids is 2. The molecule has 10 nitrogen and oxygen atoms in total. The van der Waals surface area contributed by atoms with Crippen LogP contribution in [0.15, 0.2) is 0 Å². The molecule has 0 aliphatic carbocycles. The van der Waals surface area contributed by atoms with Gasteiger partial charge in [0.25, 0.3) is 0 Å². The van der Waals surface area contributed by atoms with Gasteiger partial charge in [0.1, 0.15) is 0 Å². The van der Waals surface area contributed by atoms with Gasteiger partial charge in [-0.25, -0.2) is 0 Å². The Kier molecular flexibility index (Phi) is 13.1. The molecule has 0 heterocycles. The smallest absolute Gasteiger partial charge is 0.486 e. The minimum Gasteiger partial charge on any atom is -0.486 e. The van der Waals surface area contributed by atoms with Crippen LogP contribution < -0.4 is 10.2 Å². The third-order valence-electron chi connectivity index (χ3n) is 0.298. The standard InChI is InChI=1S/2CHNO4.Ba/c2*3-1(4)2(5)6;/h2*(H,3,4);/q;;+2/p-2. The fourth-order valence-corrected chi connectivity index (χ4v) is 0. The van der Waals surface area contributed by atoms with Gasteiger partial charge < -0.3 is 19.8 Å². The van der Waals surface area contributed by atoms with E-state index in [2.05, 4.69) is 0 Å². The number of carbonyl (C=O) groups is 2. The van der Waals surface area contributed by atoms with Crippen molar-refractivity contribution in [1.82, 2.24) is 0 Å². The van der Waals surface area contributed by atoms with Crippen LogP contribution in [-0.2, 0) is 0 Å². The summed E-state index contributed by atoms with van der Waals surface area (Å²) in [6.45, 7) is 0. The third kappa shape index (κ3) is 18.3. The SMILES string of the molecule is O=C([O-])[N+](=O)[O-].O=C([O-])[N+](=O)[O-].[Ba+2]. The van der Waals surface area contributed by atoms with Crippen LogP contribution in [0.25, 0.3) is 0 Å². The largest absolute Gasteiger partial charge is 2.00 e. The summed E-state index contributed by atoms with van der Waals surface area (Å²) in [6.07, 6.45) is -4.54. The van der Waals surface area contributed by atoms with Crippen molar-refractivity contribution in [3.05, 3.63) is 20.2 Å². The molecule has 0 rings (SSSR count). The van der Waals surface area contributed by atoms with Crippen molar-refractivity contribution in [2.24, 2.45) is 0 Å². The molecule has 0 radical (unpaired) electrons. The van der Waals surface area contributed by atoms with Crippen LogP contribution in [0.5, 0.6) is 0 Å². The summed E-state index contributed by atoms with van der Waals surface area (Å²) in [5.41, 5.74) is 0. The van der Waals surface area contributed by atoms with Crippen LogP contribution in [0.1, 0.15) is 0 Å². The molecule has 0 aromatic carbocycles. The van der Waals surface area contributed by atoms with Gasteiger partial charge in [-0.3, -0.25) is 20.2 Å². The summed E-state index contributed by atoms with van der Waals surface area (Å²) in [5.74, 6) is 0. The normalized spacial score (nSPS) is 6.77. The van der Waals surface area contributed by atoms with Crippen molar-refractivity contribution in [1.29, 1.82) is 0 Å². The Balaban J connectivity index is -0.000000143. The molecule has 0 unspecified atom stereocenters. The quantitative estimate of drug-likeness (QED) is 0.256. The van der Waals surface area contributed by atoms with Crippen LogP contribution in [0.2, 0.25) is 0 Å². The van der Waals surface area contributed by atoms with Crippen molar-refractivity contribution >= 4 is 61.1 Å². The molecule has 2 amide bonds. The van der Waals surface area contributed by atoms with Gasteiger partial charge in [0.2, 0.25) is 0 Å². The fourth-order valence-electron chi connectivity index (χ4n) is 0. The van der Waals surface area contributed by atoms with Crippen molar-refractivity contribution in [2.45, 2.75) is 0 Å². The first-order valence-corrected chi connectivity index (χ1v) is 1.99. The van der Waals surface area contributed by atoms with Crippen molar-refractivity contribution in [3.8, 4) is 0 Å². The van der Waals surface area contributed by atoms with Crippen molar-refractivity contribution in [2.75, 3.05) is 0 Å². The van der Waals surface area contributed by atoms with E-state index < -0.39 is 22.0 Å². The molecule has 0 aromatic rings. The van der Waals surface area contributed by atoms with Crippen LogP contribution in [0.4, 0.5) is 9.59 Å². The molecule has 0 fully saturated rings. The third-order valence-corrected chi connectivity index (χ3v) is 0.298. The zero-order chi connectivity index (χ0) is 10.3. The average Bonchev–Trinajstić information content (AvgIpc) is 1.88. The number of carboxylic acid groups (broad SMARTS) is 2. The second kappa shape index (κ2) is 9.40. The number of hydrogen-bond acceptors (Lipinski definition) is 8. The Morgan fingerprint density at radius 2 is 0.923 bits per heavy atom. The monoisotopic (exact) mass is 318 g/mol. The molecule has 0 atom stereocenters. The van der Waals surface area contributed by atoms with Gasteiger partial charge in [0, 0.05) is 0 Å². The van der Waals surface area contributed by atoms with Gasteiger partial charge >= 0.3 is 61.1 Å². The first kappa shape index (κ1) is 18.2. The van der Waals surface area contributed by atoms with E-state index >= 15 is 0 Å². The molecule has 13 heavy (non-hydrogen) atoms. The van der Waals surface area contributed by atoms with Crippen molar-refractivity contribution < 1.29 is 29.6 Å². The molecule has 0 spiro atoms. The van der Waals surface area contributed by atoms with Gasteiger partial charge in [0.15, 0.2) is 0 Å². The topological polar surface area (TPSA) is 167 Å². The molecule has 0 aliphatic rings. The zero-order valence-electron chi connectivity index (χ0n) is 5.87. The molecule has 11 heteroatoms. The first-order valence-electron chi connectivity index (χ1n) is 1.99. The first-order chi connectivity index (χ1) is 5.29. The van der Waals surface area contributed by atoms with Gasteiger partial charge in [-0.1, -0.05) is 0 Å². The van der Waals surface area contributed by atoms with E-state index in [9.17, 15) is 0 Å². The number of hydrogen-bond donors (Lipinski definition) is 0. The Labute approximate surface area is 110 Å². The predicted octanol–water partition coefficient (Wildman–Crippen LogP) is -3.17. The van der Waals surface area contributed by atoms with E-state index in [-0.39, 0.29) is 48.9 Å². The fraction of sp³-hybridized carbons (Fsp3) is 0. The number of rotatable bonds is 0. The summed E-state index contributed by atoms with van der Waals surface area (Å²) in [7, 11) is 0. The van der Waals surface area contributed by atoms with Gasteiger partial charge in [-0.15, -0.1) is 0 Å². The summed E-state index contributed by atoms with van der Waals surface area (Å²) in [6, 6.07) is 0. The van der Waals surface area contributed by atoms with E-state index in [4.69, 9.17) is 40.0 Å². The summed E-state index contributed by atoms with van der Waals surface area (Å²) in [5, 5.41) is 35.5. The Morgan fingerprint density at radius 3 is 0.923 bits per heavy atom. The number of amides is 2. The summed E-state index contributed by atoms with van der Waals surface area (Å²) >= 11 is 0. The molecule has 0 N–H and O–H groups in total. The molecule has 0 saturated carbocycles. The second-order valence-corrected chi connectivity index (χ2v) is 1.05. The molecule has 0 saturated heterocycles. The van der Waals surface area contributed by atoms with E-state index in [0.29, 0.717) is 0 Å². The van der Waals surface area contributed by atoms with Gasteiger partial charge in [-0.05, 0) is 0 Å². The average molecular weight is 317 g/mol. The van der Waals surface area contributed by atoms with Crippen LogP contribution in [0, 0.1) is 20.2 Å². The van der Waals surface area contributed by atoms with Gasteiger partial charge in [0.05, 0.1) is 9.85 Å². The molecule has 0 aliphatic heterocycles. The van der Waals surface area contributed by atoms with E-state index in [1.54, 1.807) is 0 Å². The Bertz CT molecular complexity index is 176. The van der Waals surface area contributed by atoms with E-state index in [1.165, 1.54) is 0 Å². The zero-order valence-corrected chi connectivity index (χ0v) is 10.3.